The highest BCUT2D eigenvalue weighted by atomic mass is 127. The Kier molecular flexibility index (Phi) is 11.6. The normalized spacial score (nSPS) is 26.9. The Morgan fingerprint density at radius 1 is 1.14 bits per heavy atom. The van der Waals surface area contributed by atoms with E-state index in [1.165, 1.54) is 13.1 Å². The molecule has 0 bridgehead atoms. The van der Waals surface area contributed by atoms with Gasteiger partial charge in [0.25, 0.3) is 0 Å². The molecule has 0 radical (unpaired) electrons. The van der Waals surface area contributed by atoms with Crippen LogP contribution in [0.5, 0.6) is 0 Å². The summed E-state index contributed by atoms with van der Waals surface area (Å²) in [4.78, 5) is 9.60. The summed E-state index contributed by atoms with van der Waals surface area (Å²) < 4.78 is 6.01. The highest BCUT2D eigenvalue weighted by Crippen LogP contribution is 2.48. The van der Waals surface area contributed by atoms with E-state index in [-0.39, 0.29) is 29.4 Å². The molecule has 0 amide bonds. The average Bonchev–Trinajstić information content (AvgIpc) is 2.70. The van der Waals surface area contributed by atoms with E-state index in [4.69, 9.17) is 4.74 Å². The number of aliphatic imine (C=N–C) groups is 1. The van der Waals surface area contributed by atoms with E-state index in [1.807, 2.05) is 7.05 Å². The van der Waals surface area contributed by atoms with Crippen molar-refractivity contribution in [3.63, 3.8) is 0 Å². The van der Waals surface area contributed by atoms with Gasteiger partial charge in [0.15, 0.2) is 5.96 Å². The summed E-state index contributed by atoms with van der Waals surface area (Å²) in [6.07, 6.45) is 3.73. The predicted octanol–water partition coefficient (Wildman–Crippen LogP) is 2.78. The fourth-order valence-electron chi connectivity index (χ4n) is 4.84. The number of hydrogen-bond donors (Lipinski definition) is 2. The third-order valence-corrected chi connectivity index (χ3v) is 7.05. The van der Waals surface area contributed by atoms with Crippen LogP contribution in [-0.2, 0) is 4.74 Å². The zero-order valence-corrected chi connectivity index (χ0v) is 21.3. The highest BCUT2D eigenvalue weighted by molar-refractivity contribution is 14.0. The van der Waals surface area contributed by atoms with E-state index in [9.17, 15) is 0 Å². The summed E-state index contributed by atoms with van der Waals surface area (Å²) in [5.74, 6) is 0.931. The molecule has 7 heteroatoms. The molecule has 28 heavy (non-hydrogen) atoms. The minimum Gasteiger partial charge on any atom is -0.378 e. The maximum absolute atomic E-state index is 6.01. The van der Waals surface area contributed by atoms with Crippen molar-refractivity contribution < 1.29 is 4.74 Å². The second kappa shape index (κ2) is 12.5. The number of hydrogen-bond acceptors (Lipinski definition) is 4. The number of nitrogens with one attached hydrogen (secondary N) is 2. The molecule has 1 saturated heterocycles. The van der Waals surface area contributed by atoms with Crippen molar-refractivity contribution in [3.05, 3.63) is 0 Å². The SMILES string of the molecule is CCOC1CC(NC(=NC)NCC(C)N2CCN(CC)CC2)C1(CC)CC.I. The van der Waals surface area contributed by atoms with Crippen molar-refractivity contribution in [3.8, 4) is 0 Å². The zero-order chi connectivity index (χ0) is 19.9. The smallest absolute Gasteiger partial charge is 0.191 e. The van der Waals surface area contributed by atoms with Crippen LogP contribution < -0.4 is 10.6 Å². The number of rotatable bonds is 9. The Balaban J connectivity index is 0.00000392. The maximum atomic E-state index is 6.01. The molecule has 166 valence electrons. The minimum absolute atomic E-state index is 0. The van der Waals surface area contributed by atoms with Crippen molar-refractivity contribution in [2.24, 2.45) is 10.4 Å². The maximum Gasteiger partial charge on any atom is 0.191 e. The van der Waals surface area contributed by atoms with Crippen LogP contribution in [0, 0.1) is 5.41 Å². The summed E-state index contributed by atoms with van der Waals surface area (Å²) >= 11 is 0. The Hall–Kier alpha value is -0.120. The van der Waals surface area contributed by atoms with Crippen LogP contribution >= 0.6 is 24.0 Å². The second-order valence-electron chi connectivity index (χ2n) is 8.09. The first-order valence-corrected chi connectivity index (χ1v) is 11.1. The monoisotopic (exact) mass is 509 g/mol. The lowest BCUT2D eigenvalue weighted by Crippen LogP contribution is -2.66. The molecule has 0 spiro atoms. The number of nitrogens with zero attached hydrogens (tertiary/aromatic N) is 3. The number of piperazine rings is 1. The molecule has 3 atom stereocenters. The van der Waals surface area contributed by atoms with Gasteiger partial charge < -0.3 is 20.3 Å². The second-order valence-corrected chi connectivity index (χ2v) is 8.09. The average molecular weight is 510 g/mol. The number of likely N-dealkylation sites (N-methyl/N-ethyl adjacent to an activating group) is 1. The van der Waals surface area contributed by atoms with Crippen LogP contribution in [0.4, 0.5) is 0 Å². The van der Waals surface area contributed by atoms with Crippen molar-refractivity contribution in [2.75, 3.05) is 52.9 Å². The molecule has 1 heterocycles. The largest absolute Gasteiger partial charge is 0.378 e. The Bertz CT molecular complexity index is 464. The lowest BCUT2D eigenvalue weighted by molar-refractivity contribution is -0.133. The van der Waals surface area contributed by atoms with Gasteiger partial charge in [0.05, 0.1) is 6.10 Å². The molecule has 3 unspecified atom stereocenters. The first-order chi connectivity index (χ1) is 13.0. The highest BCUT2D eigenvalue weighted by Gasteiger charge is 2.53. The van der Waals surface area contributed by atoms with Crippen LogP contribution in [0.15, 0.2) is 4.99 Å². The van der Waals surface area contributed by atoms with Gasteiger partial charge in [-0.2, -0.15) is 0 Å². The number of guanidine groups is 1. The summed E-state index contributed by atoms with van der Waals surface area (Å²) in [5.41, 5.74) is 0.232. The summed E-state index contributed by atoms with van der Waals surface area (Å²) in [6, 6.07) is 0.959. The summed E-state index contributed by atoms with van der Waals surface area (Å²) in [5, 5.41) is 7.26. The van der Waals surface area contributed by atoms with Crippen LogP contribution in [0.1, 0.15) is 53.9 Å². The molecule has 2 fully saturated rings. The van der Waals surface area contributed by atoms with E-state index in [1.54, 1.807) is 0 Å². The Labute approximate surface area is 190 Å². The van der Waals surface area contributed by atoms with E-state index in [0.717, 1.165) is 58.0 Å². The molecular weight excluding hydrogens is 465 g/mol. The fourth-order valence-corrected chi connectivity index (χ4v) is 4.84. The summed E-state index contributed by atoms with van der Waals surface area (Å²) in [7, 11) is 1.87. The Morgan fingerprint density at radius 3 is 2.29 bits per heavy atom. The first kappa shape index (κ1) is 25.9. The molecule has 2 aliphatic rings. The lowest BCUT2D eigenvalue weighted by Gasteiger charge is -2.55. The standard InChI is InChI=1S/C21H43N5O.HI/c1-7-21(8-2)18(15-19(21)27-10-4)24-20(22-6)23-16-17(5)26-13-11-25(9-3)12-14-26;/h17-19H,7-16H2,1-6H3,(H2,22,23,24);1H. The van der Waals surface area contributed by atoms with Crippen molar-refractivity contribution in [1.29, 1.82) is 0 Å². The van der Waals surface area contributed by atoms with Gasteiger partial charge in [-0.1, -0.05) is 20.8 Å². The molecule has 1 aliphatic carbocycles. The number of halogens is 1. The van der Waals surface area contributed by atoms with E-state index in [2.05, 4.69) is 60.0 Å². The van der Waals surface area contributed by atoms with Gasteiger partial charge in [-0.15, -0.1) is 24.0 Å². The molecule has 2 N–H and O–H groups in total. The molecule has 0 aromatic rings. The van der Waals surface area contributed by atoms with Crippen LogP contribution in [0.3, 0.4) is 0 Å². The molecule has 1 aliphatic heterocycles. The van der Waals surface area contributed by atoms with Gasteiger partial charge in [0.1, 0.15) is 0 Å². The fraction of sp³-hybridized carbons (Fsp3) is 0.952. The Morgan fingerprint density at radius 2 is 1.79 bits per heavy atom. The van der Waals surface area contributed by atoms with Crippen LogP contribution in [-0.4, -0.2) is 86.9 Å². The van der Waals surface area contributed by atoms with Crippen molar-refractivity contribution in [2.45, 2.75) is 72.1 Å². The number of ether oxygens (including phenoxy) is 1. The van der Waals surface area contributed by atoms with Crippen molar-refractivity contribution >= 4 is 29.9 Å². The van der Waals surface area contributed by atoms with Gasteiger partial charge in [-0.3, -0.25) is 9.89 Å². The molecule has 2 rings (SSSR count). The third-order valence-electron chi connectivity index (χ3n) is 7.05. The van der Waals surface area contributed by atoms with Gasteiger partial charge in [0.2, 0.25) is 0 Å². The minimum atomic E-state index is 0. The molecular formula is C21H44IN5O. The molecule has 0 aromatic heterocycles. The van der Waals surface area contributed by atoms with Gasteiger partial charge in [0, 0.05) is 63.9 Å². The van der Waals surface area contributed by atoms with E-state index >= 15 is 0 Å². The van der Waals surface area contributed by atoms with Crippen LogP contribution in [0.2, 0.25) is 0 Å². The van der Waals surface area contributed by atoms with Gasteiger partial charge in [-0.05, 0) is 39.7 Å². The predicted molar refractivity (Wildman–Crippen MR) is 130 cm³/mol. The first-order valence-electron chi connectivity index (χ1n) is 11.1. The quantitative estimate of drug-likeness (QED) is 0.285. The lowest BCUT2D eigenvalue weighted by atomic mass is 9.58. The molecule has 6 nitrogen and oxygen atoms in total. The molecule has 0 aromatic carbocycles. The third kappa shape index (κ3) is 5.95. The van der Waals surface area contributed by atoms with Gasteiger partial charge in [-0.25, -0.2) is 0 Å². The van der Waals surface area contributed by atoms with Crippen molar-refractivity contribution in [1.82, 2.24) is 20.4 Å². The van der Waals surface area contributed by atoms with Crippen LogP contribution in [0.25, 0.3) is 0 Å². The van der Waals surface area contributed by atoms with E-state index in [0.29, 0.717) is 18.2 Å². The topological polar surface area (TPSA) is 52.1 Å². The van der Waals surface area contributed by atoms with Gasteiger partial charge >= 0.3 is 0 Å². The van der Waals surface area contributed by atoms with E-state index < -0.39 is 0 Å². The zero-order valence-electron chi connectivity index (χ0n) is 19.0. The molecule has 1 saturated carbocycles. The summed E-state index contributed by atoms with van der Waals surface area (Å²) in [6.45, 7) is 18.8.